The first-order valence-corrected chi connectivity index (χ1v) is 11.6. The van der Waals surface area contributed by atoms with E-state index in [0.29, 0.717) is 0 Å². The molecule has 0 atom stereocenters. The van der Waals surface area contributed by atoms with Gasteiger partial charge in [0, 0.05) is 0 Å². The third-order valence-corrected chi connectivity index (χ3v) is 7.22. The molecule has 2 aliphatic carbocycles. The third-order valence-electron chi connectivity index (χ3n) is 7.22. The van der Waals surface area contributed by atoms with Gasteiger partial charge in [-0.05, 0) is 107 Å². The maximum Gasteiger partial charge on any atom is 0.0894 e. The van der Waals surface area contributed by atoms with Gasteiger partial charge in [-0.3, -0.25) is 4.39 Å². The van der Waals surface area contributed by atoms with E-state index in [1.165, 1.54) is 56.9 Å². The number of rotatable bonds is 8. The molecule has 27 heavy (non-hydrogen) atoms. The topological polar surface area (TPSA) is 0 Å². The van der Waals surface area contributed by atoms with Gasteiger partial charge in [0.2, 0.25) is 0 Å². The zero-order valence-corrected chi connectivity index (χ0v) is 17.3. The monoisotopic (exact) mass is 370 g/mol. The van der Waals surface area contributed by atoms with Crippen molar-refractivity contribution in [3.63, 3.8) is 0 Å². The van der Waals surface area contributed by atoms with Crippen molar-refractivity contribution in [2.24, 2.45) is 17.8 Å². The Kier molecular flexibility index (Phi) is 8.42. The number of hydrogen-bond acceptors (Lipinski definition) is 0. The molecule has 0 N–H and O–H groups in total. The number of alkyl halides is 1. The van der Waals surface area contributed by atoms with Crippen LogP contribution in [0, 0.1) is 24.7 Å². The predicted octanol–water partition coefficient (Wildman–Crippen LogP) is 8.16. The van der Waals surface area contributed by atoms with Crippen molar-refractivity contribution in [2.45, 2.75) is 89.9 Å². The maximum atomic E-state index is 12.1. The average molecular weight is 371 g/mol. The van der Waals surface area contributed by atoms with Gasteiger partial charge in [-0.15, -0.1) is 0 Å². The fourth-order valence-electron chi connectivity index (χ4n) is 5.39. The van der Waals surface area contributed by atoms with E-state index in [4.69, 9.17) is 0 Å². The summed E-state index contributed by atoms with van der Waals surface area (Å²) in [6, 6.07) is 9.26. The lowest BCUT2D eigenvalue weighted by Gasteiger charge is -2.37. The van der Waals surface area contributed by atoms with E-state index in [-0.39, 0.29) is 6.67 Å². The zero-order chi connectivity index (χ0) is 18.9. The minimum Gasteiger partial charge on any atom is -0.251 e. The molecule has 3 rings (SSSR count). The first kappa shape index (κ1) is 20.6. The van der Waals surface area contributed by atoms with Gasteiger partial charge < -0.3 is 0 Å². The molecule has 0 heterocycles. The standard InChI is InChI=1S/C26H39F/c1-21-8-12-23(13-9-21)25-16-18-26(19-17-25)24-14-10-22(11-15-24)7-5-3-2-4-6-20-27/h5,7-9,12-13,22,24-26H,2-4,6,10-11,14-20H2,1H3. The molecule has 0 amide bonds. The molecule has 2 saturated carbocycles. The van der Waals surface area contributed by atoms with Gasteiger partial charge in [0.15, 0.2) is 0 Å². The molecule has 1 aromatic carbocycles. The van der Waals surface area contributed by atoms with Crippen LogP contribution in [0.15, 0.2) is 36.4 Å². The van der Waals surface area contributed by atoms with Crippen molar-refractivity contribution >= 4 is 0 Å². The molecule has 2 aliphatic rings. The van der Waals surface area contributed by atoms with E-state index in [1.807, 2.05) is 0 Å². The van der Waals surface area contributed by atoms with Crippen molar-refractivity contribution in [1.29, 1.82) is 0 Å². The minimum absolute atomic E-state index is 0.152. The molecule has 0 saturated heterocycles. The highest BCUT2D eigenvalue weighted by Crippen LogP contribution is 2.44. The second-order valence-electron chi connectivity index (χ2n) is 9.16. The van der Waals surface area contributed by atoms with Gasteiger partial charge in [-0.25, -0.2) is 0 Å². The second-order valence-corrected chi connectivity index (χ2v) is 9.16. The average Bonchev–Trinajstić information content (AvgIpc) is 2.72. The summed E-state index contributed by atoms with van der Waals surface area (Å²) in [5, 5.41) is 0. The second kappa shape index (κ2) is 11.0. The summed E-state index contributed by atoms with van der Waals surface area (Å²) in [7, 11) is 0. The summed E-state index contributed by atoms with van der Waals surface area (Å²) >= 11 is 0. The van der Waals surface area contributed by atoms with Crippen LogP contribution in [-0.2, 0) is 0 Å². The van der Waals surface area contributed by atoms with E-state index >= 15 is 0 Å². The van der Waals surface area contributed by atoms with E-state index < -0.39 is 0 Å². The highest BCUT2D eigenvalue weighted by atomic mass is 19.1. The summed E-state index contributed by atoms with van der Waals surface area (Å²) in [6.45, 7) is 2.03. The Morgan fingerprint density at radius 1 is 0.815 bits per heavy atom. The molecule has 2 fully saturated rings. The largest absolute Gasteiger partial charge is 0.251 e. The van der Waals surface area contributed by atoms with Crippen LogP contribution >= 0.6 is 0 Å². The molecular formula is C26H39F. The molecule has 0 unspecified atom stereocenters. The Balaban J connectivity index is 1.34. The van der Waals surface area contributed by atoms with E-state index in [0.717, 1.165) is 49.4 Å². The van der Waals surface area contributed by atoms with Crippen LogP contribution in [0.3, 0.4) is 0 Å². The molecular weight excluding hydrogens is 331 g/mol. The van der Waals surface area contributed by atoms with Crippen molar-refractivity contribution in [3.05, 3.63) is 47.5 Å². The minimum atomic E-state index is -0.152. The number of halogens is 1. The lowest BCUT2D eigenvalue weighted by atomic mass is 9.68. The summed E-state index contributed by atoms with van der Waals surface area (Å²) in [5.41, 5.74) is 2.94. The number of benzene rings is 1. The predicted molar refractivity (Wildman–Crippen MR) is 115 cm³/mol. The highest BCUT2D eigenvalue weighted by Gasteiger charge is 2.30. The summed E-state index contributed by atoms with van der Waals surface area (Å²) in [5.74, 6) is 3.58. The molecule has 1 aromatic rings. The van der Waals surface area contributed by atoms with Crippen LogP contribution in [0.4, 0.5) is 4.39 Å². The van der Waals surface area contributed by atoms with Gasteiger partial charge in [0.05, 0.1) is 6.67 Å². The van der Waals surface area contributed by atoms with Crippen LogP contribution in [0.1, 0.15) is 94.1 Å². The molecule has 0 aliphatic heterocycles. The lowest BCUT2D eigenvalue weighted by molar-refractivity contribution is 0.171. The van der Waals surface area contributed by atoms with Gasteiger partial charge in [-0.2, -0.15) is 0 Å². The van der Waals surface area contributed by atoms with Crippen molar-refractivity contribution in [1.82, 2.24) is 0 Å². The fraction of sp³-hybridized carbons (Fsp3) is 0.692. The molecule has 0 nitrogen and oxygen atoms in total. The first-order valence-electron chi connectivity index (χ1n) is 11.6. The van der Waals surface area contributed by atoms with Crippen molar-refractivity contribution in [3.8, 4) is 0 Å². The maximum absolute atomic E-state index is 12.1. The summed E-state index contributed by atoms with van der Waals surface area (Å²) in [4.78, 5) is 0. The van der Waals surface area contributed by atoms with Crippen molar-refractivity contribution < 1.29 is 4.39 Å². The Morgan fingerprint density at radius 3 is 2.07 bits per heavy atom. The molecule has 1 heteroatoms. The Labute approximate surface area is 166 Å². The van der Waals surface area contributed by atoms with Gasteiger partial charge in [-0.1, -0.05) is 48.4 Å². The first-order chi connectivity index (χ1) is 13.3. The third kappa shape index (κ3) is 6.47. The summed E-state index contributed by atoms with van der Waals surface area (Å²) < 4.78 is 12.1. The lowest BCUT2D eigenvalue weighted by Crippen LogP contribution is -2.25. The normalized spacial score (nSPS) is 29.3. The Hall–Kier alpha value is -1.11. The quantitative estimate of drug-likeness (QED) is 0.320. The van der Waals surface area contributed by atoms with E-state index in [9.17, 15) is 4.39 Å². The molecule has 0 radical (unpaired) electrons. The van der Waals surface area contributed by atoms with Crippen LogP contribution in [0.5, 0.6) is 0 Å². The molecule has 0 aromatic heterocycles. The van der Waals surface area contributed by atoms with Crippen molar-refractivity contribution in [2.75, 3.05) is 6.67 Å². The number of allylic oxidation sites excluding steroid dienone is 2. The Morgan fingerprint density at radius 2 is 1.44 bits per heavy atom. The summed E-state index contributed by atoms with van der Waals surface area (Å²) in [6.07, 6.45) is 20.3. The van der Waals surface area contributed by atoms with Gasteiger partial charge >= 0.3 is 0 Å². The molecule has 150 valence electrons. The van der Waals surface area contributed by atoms with E-state index in [2.05, 4.69) is 43.3 Å². The fourth-order valence-corrected chi connectivity index (χ4v) is 5.39. The highest BCUT2D eigenvalue weighted by molar-refractivity contribution is 5.24. The number of aryl methyl sites for hydroxylation is 1. The zero-order valence-electron chi connectivity index (χ0n) is 17.3. The van der Waals surface area contributed by atoms with Crippen LogP contribution < -0.4 is 0 Å². The number of unbranched alkanes of at least 4 members (excludes halogenated alkanes) is 3. The molecule has 0 bridgehead atoms. The SMILES string of the molecule is Cc1ccc(C2CCC(C3CCC(C=CCCCCCF)CC3)CC2)cc1. The van der Waals surface area contributed by atoms with Crippen LogP contribution in [-0.4, -0.2) is 6.67 Å². The van der Waals surface area contributed by atoms with Crippen LogP contribution in [0.25, 0.3) is 0 Å². The molecule has 0 spiro atoms. The number of hydrogen-bond donors (Lipinski definition) is 0. The van der Waals surface area contributed by atoms with Crippen LogP contribution in [0.2, 0.25) is 0 Å². The van der Waals surface area contributed by atoms with Gasteiger partial charge in [0.1, 0.15) is 0 Å². The smallest absolute Gasteiger partial charge is 0.0894 e. The van der Waals surface area contributed by atoms with E-state index in [1.54, 1.807) is 5.56 Å². The Bertz CT molecular complexity index is 542. The van der Waals surface area contributed by atoms with Gasteiger partial charge in [0.25, 0.3) is 0 Å².